The van der Waals surface area contributed by atoms with Crippen molar-refractivity contribution in [1.82, 2.24) is 4.90 Å². The Labute approximate surface area is 125 Å². The van der Waals surface area contributed by atoms with Gasteiger partial charge in [-0.3, -0.25) is 0 Å². The molecule has 104 valence electrons. The Hall–Kier alpha value is -0.560. The molecule has 1 aromatic rings. The minimum absolute atomic E-state index is 0.209. The van der Waals surface area contributed by atoms with E-state index in [0.29, 0.717) is 10.0 Å². The fourth-order valence-electron chi connectivity index (χ4n) is 1.91. The van der Waals surface area contributed by atoms with E-state index in [9.17, 15) is 4.79 Å². The van der Waals surface area contributed by atoms with E-state index in [0.717, 1.165) is 30.3 Å². The summed E-state index contributed by atoms with van der Waals surface area (Å²) in [5, 5.41) is 9.07. The quantitative estimate of drug-likeness (QED) is 0.850. The minimum atomic E-state index is -0.914. The van der Waals surface area contributed by atoms with E-state index >= 15 is 0 Å². The Bertz CT molecular complexity index is 469. The van der Waals surface area contributed by atoms with Crippen LogP contribution in [0.5, 0.6) is 0 Å². The van der Waals surface area contributed by atoms with Crippen LogP contribution in [0.1, 0.15) is 10.4 Å². The second-order valence-corrected chi connectivity index (χ2v) is 6.46. The Kier molecular flexibility index (Phi) is 5.27. The predicted molar refractivity (Wildman–Crippen MR) is 79.1 cm³/mol. The van der Waals surface area contributed by atoms with Crippen molar-refractivity contribution in [2.75, 3.05) is 32.5 Å². The summed E-state index contributed by atoms with van der Waals surface area (Å²) in [6, 6.07) is 5.40. The van der Waals surface area contributed by atoms with Gasteiger partial charge in [-0.2, -0.15) is 0 Å². The number of thioether (sulfide) groups is 1. The molecule has 0 amide bonds. The van der Waals surface area contributed by atoms with E-state index in [-0.39, 0.29) is 6.10 Å². The molecule has 0 radical (unpaired) electrons. The van der Waals surface area contributed by atoms with Crippen LogP contribution in [0.25, 0.3) is 0 Å². The summed E-state index contributed by atoms with van der Waals surface area (Å²) in [7, 11) is 2.09. The molecule has 0 spiro atoms. The first-order chi connectivity index (χ1) is 9.06. The lowest BCUT2D eigenvalue weighted by Gasteiger charge is -2.29. The molecule has 0 bridgehead atoms. The number of hydrogen-bond acceptors (Lipinski definition) is 4. The van der Waals surface area contributed by atoms with Crippen molar-refractivity contribution in [3.8, 4) is 0 Å². The third-order valence-electron chi connectivity index (χ3n) is 2.95. The highest BCUT2D eigenvalue weighted by molar-refractivity contribution is 9.10. The maximum absolute atomic E-state index is 11.1. The van der Waals surface area contributed by atoms with E-state index in [4.69, 9.17) is 9.84 Å². The van der Waals surface area contributed by atoms with Crippen LogP contribution in [0.15, 0.2) is 27.6 Å². The molecule has 6 heteroatoms. The van der Waals surface area contributed by atoms with Crippen LogP contribution >= 0.6 is 27.7 Å². The zero-order valence-electron chi connectivity index (χ0n) is 10.6. The third kappa shape index (κ3) is 4.21. The Morgan fingerprint density at radius 2 is 2.42 bits per heavy atom. The van der Waals surface area contributed by atoms with Gasteiger partial charge in [0.2, 0.25) is 0 Å². The van der Waals surface area contributed by atoms with Gasteiger partial charge < -0.3 is 14.7 Å². The van der Waals surface area contributed by atoms with Crippen LogP contribution in [-0.2, 0) is 4.74 Å². The summed E-state index contributed by atoms with van der Waals surface area (Å²) in [5.74, 6) is -0.0756. The van der Waals surface area contributed by atoms with E-state index in [1.165, 1.54) is 0 Å². The van der Waals surface area contributed by atoms with Crippen molar-refractivity contribution in [2.24, 2.45) is 0 Å². The highest BCUT2D eigenvalue weighted by Crippen LogP contribution is 2.26. The van der Waals surface area contributed by atoms with Crippen molar-refractivity contribution >= 4 is 33.7 Å². The first-order valence-electron chi connectivity index (χ1n) is 6.02. The second kappa shape index (κ2) is 6.74. The lowest BCUT2D eigenvalue weighted by molar-refractivity contribution is -0.00598. The summed E-state index contributed by atoms with van der Waals surface area (Å²) in [6.45, 7) is 2.67. The number of nitrogens with zero attached hydrogens (tertiary/aromatic N) is 1. The maximum Gasteiger partial charge on any atom is 0.336 e. The number of ether oxygens (including phenoxy) is 1. The van der Waals surface area contributed by atoms with Crippen LogP contribution in [0, 0.1) is 0 Å². The van der Waals surface area contributed by atoms with Gasteiger partial charge in [-0.05, 0) is 41.2 Å². The molecule has 1 saturated heterocycles. The van der Waals surface area contributed by atoms with Gasteiger partial charge >= 0.3 is 5.97 Å². The zero-order valence-corrected chi connectivity index (χ0v) is 13.0. The molecular weight excluding hydrogens is 330 g/mol. The number of benzene rings is 1. The van der Waals surface area contributed by atoms with Crippen molar-refractivity contribution in [1.29, 1.82) is 0 Å². The highest BCUT2D eigenvalue weighted by Gasteiger charge is 2.18. The van der Waals surface area contributed by atoms with Gasteiger partial charge in [-0.15, -0.1) is 11.8 Å². The number of carbonyl (C=O) groups is 1. The first-order valence-corrected chi connectivity index (χ1v) is 7.80. The minimum Gasteiger partial charge on any atom is -0.478 e. The molecule has 19 heavy (non-hydrogen) atoms. The molecule has 0 aliphatic carbocycles. The monoisotopic (exact) mass is 345 g/mol. The molecular formula is C13H16BrNO3S. The van der Waals surface area contributed by atoms with Gasteiger partial charge in [0.25, 0.3) is 0 Å². The molecule has 4 nitrogen and oxygen atoms in total. The fraction of sp³-hybridized carbons (Fsp3) is 0.462. The molecule has 2 rings (SSSR count). The first kappa shape index (κ1) is 14.8. The highest BCUT2D eigenvalue weighted by atomic mass is 79.9. The summed E-state index contributed by atoms with van der Waals surface area (Å²) >= 11 is 4.88. The van der Waals surface area contributed by atoms with Gasteiger partial charge in [-0.1, -0.05) is 0 Å². The summed E-state index contributed by atoms with van der Waals surface area (Å²) < 4.78 is 6.29. The zero-order chi connectivity index (χ0) is 13.8. The van der Waals surface area contributed by atoms with Crippen LogP contribution in [-0.4, -0.2) is 54.6 Å². The van der Waals surface area contributed by atoms with Gasteiger partial charge in [0.1, 0.15) is 0 Å². The maximum atomic E-state index is 11.1. The number of carboxylic acids is 1. The number of morpholine rings is 1. The molecule has 1 heterocycles. The molecule has 0 saturated carbocycles. The number of halogens is 1. The number of aromatic carboxylic acids is 1. The normalized spacial score (nSPS) is 20.4. The Morgan fingerprint density at radius 3 is 3.11 bits per heavy atom. The van der Waals surface area contributed by atoms with Gasteiger partial charge in [-0.25, -0.2) is 4.79 Å². The van der Waals surface area contributed by atoms with E-state index in [2.05, 4.69) is 27.9 Å². The van der Waals surface area contributed by atoms with E-state index < -0.39 is 5.97 Å². The second-order valence-electron chi connectivity index (χ2n) is 4.51. The van der Waals surface area contributed by atoms with E-state index in [1.807, 2.05) is 6.07 Å². The average molecular weight is 346 g/mol. The number of likely N-dealkylation sites (N-methyl/N-ethyl adjacent to an activating group) is 1. The van der Waals surface area contributed by atoms with Crippen LogP contribution < -0.4 is 0 Å². The fourth-order valence-corrected chi connectivity index (χ4v) is 3.28. The molecule has 1 aromatic carbocycles. The third-order valence-corrected chi connectivity index (χ3v) is 4.76. The summed E-state index contributed by atoms with van der Waals surface area (Å²) in [5.41, 5.74) is 0.298. The lowest BCUT2D eigenvalue weighted by atomic mass is 10.2. The number of carboxylic acid groups (broad SMARTS) is 1. The SMILES string of the molecule is CN1CCOC(CSc2ccc(Br)c(C(=O)O)c2)C1. The molecule has 1 fully saturated rings. The van der Waals surface area contributed by atoms with Crippen molar-refractivity contribution in [3.05, 3.63) is 28.2 Å². The molecule has 1 atom stereocenters. The largest absolute Gasteiger partial charge is 0.478 e. The van der Waals surface area contributed by atoms with Gasteiger partial charge in [0, 0.05) is 28.2 Å². The molecule has 0 aromatic heterocycles. The number of hydrogen-bond donors (Lipinski definition) is 1. The topological polar surface area (TPSA) is 49.8 Å². The van der Waals surface area contributed by atoms with Crippen molar-refractivity contribution in [3.63, 3.8) is 0 Å². The van der Waals surface area contributed by atoms with Crippen molar-refractivity contribution in [2.45, 2.75) is 11.0 Å². The van der Waals surface area contributed by atoms with Crippen LogP contribution in [0.4, 0.5) is 0 Å². The summed E-state index contributed by atoms with van der Waals surface area (Å²) in [4.78, 5) is 14.3. The molecule has 1 unspecified atom stereocenters. The number of rotatable bonds is 4. The smallest absolute Gasteiger partial charge is 0.336 e. The van der Waals surface area contributed by atoms with E-state index in [1.54, 1.807) is 23.9 Å². The van der Waals surface area contributed by atoms with Gasteiger partial charge in [0.15, 0.2) is 0 Å². The summed E-state index contributed by atoms with van der Waals surface area (Å²) in [6.07, 6.45) is 0.209. The van der Waals surface area contributed by atoms with Crippen LogP contribution in [0.2, 0.25) is 0 Å². The molecule has 1 aliphatic heterocycles. The predicted octanol–water partition coefficient (Wildman–Crippen LogP) is 2.57. The van der Waals surface area contributed by atoms with Crippen molar-refractivity contribution < 1.29 is 14.6 Å². The lowest BCUT2D eigenvalue weighted by Crippen LogP contribution is -2.41. The van der Waals surface area contributed by atoms with Crippen LogP contribution in [0.3, 0.4) is 0 Å². The Morgan fingerprint density at radius 1 is 1.63 bits per heavy atom. The standard InChI is InChI=1S/C13H16BrNO3S/c1-15-4-5-18-9(7-15)8-19-10-2-3-12(14)11(6-10)13(16)17/h2-3,6,9H,4-5,7-8H2,1H3,(H,16,17). The molecule has 1 N–H and O–H groups in total. The average Bonchev–Trinajstić information content (AvgIpc) is 2.37. The van der Waals surface area contributed by atoms with Gasteiger partial charge in [0.05, 0.1) is 18.3 Å². The Balaban J connectivity index is 1.96. The molecule has 1 aliphatic rings.